The number of hydrogen-bond acceptors (Lipinski definition) is 4. The Hall–Kier alpha value is -1.47. The molecule has 5 nitrogen and oxygen atoms in total. The second kappa shape index (κ2) is 5.24. The summed E-state index contributed by atoms with van der Waals surface area (Å²) < 4.78 is 35.3. The van der Waals surface area contributed by atoms with Crippen LogP contribution in [0, 0.1) is 0 Å². The van der Waals surface area contributed by atoms with Gasteiger partial charge in [-0.25, -0.2) is 9.67 Å². The maximum absolute atomic E-state index is 12.6. The van der Waals surface area contributed by atoms with Gasteiger partial charge in [0.25, 0.3) is 0 Å². The van der Waals surface area contributed by atoms with Gasteiger partial charge >= 0.3 is 10.2 Å². The van der Waals surface area contributed by atoms with Gasteiger partial charge in [0, 0.05) is 0 Å². The van der Waals surface area contributed by atoms with Gasteiger partial charge in [-0.15, -0.1) is 16.3 Å². The molecule has 0 atom stereocenters. The summed E-state index contributed by atoms with van der Waals surface area (Å²) in [6, 6.07) is 5.52. The molecule has 0 amide bonds. The number of nitrogens with zero attached hydrogens (tertiary/aromatic N) is 3. The fourth-order valence-corrected chi connectivity index (χ4v) is 1.72. The highest BCUT2D eigenvalue weighted by molar-refractivity contribution is 7.86. The SMILES string of the molecule is Cl.O=S(=O)(F)c1ccc(Cn2cncn2)cc1. The second-order valence-electron chi connectivity index (χ2n) is 3.17. The molecule has 17 heavy (non-hydrogen) atoms. The first kappa shape index (κ1) is 13.6. The Morgan fingerprint density at radius 1 is 1.24 bits per heavy atom. The summed E-state index contributed by atoms with van der Waals surface area (Å²) in [6.07, 6.45) is 2.94. The molecule has 0 unspecified atom stereocenters. The molecule has 0 aliphatic rings. The molecule has 2 aromatic rings. The van der Waals surface area contributed by atoms with Gasteiger partial charge in [-0.05, 0) is 17.7 Å². The summed E-state index contributed by atoms with van der Waals surface area (Å²) in [6.45, 7) is 0.465. The summed E-state index contributed by atoms with van der Waals surface area (Å²) in [7, 11) is -4.62. The Bertz CT molecular complexity index is 569. The van der Waals surface area contributed by atoms with Gasteiger partial charge < -0.3 is 0 Å². The van der Waals surface area contributed by atoms with Gasteiger partial charge in [0.2, 0.25) is 0 Å². The summed E-state index contributed by atoms with van der Waals surface area (Å²) in [5, 5.41) is 3.90. The van der Waals surface area contributed by atoms with Crippen LogP contribution >= 0.6 is 12.4 Å². The standard InChI is InChI=1S/C9H8FN3O2S.ClH/c10-16(14,15)9-3-1-8(2-4-9)5-13-7-11-6-12-13;/h1-4,6-7H,5H2;1H. The Balaban J connectivity index is 0.00000144. The van der Waals surface area contributed by atoms with E-state index in [-0.39, 0.29) is 17.3 Å². The van der Waals surface area contributed by atoms with E-state index in [0.29, 0.717) is 6.54 Å². The molecule has 0 bridgehead atoms. The van der Waals surface area contributed by atoms with Crippen LogP contribution < -0.4 is 0 Å². The highest BCUT2D eigenvalue weighted by atomic mass is 35.5. The van der Waals surface area contributed by atoms with Gasteiger partial charge in [-0.3, -0.25) is 0 Å². The molecular weight excluding hydrogens is 269 g/mol. The molecule has 1 aromatic heterocycles. The van der Waals surface area contributed by atoms with Crippen LogP contribution in [0.2, 0.25) is 0 Å². The fraction of sp³-hybridized carbons (Fsp3) is 0.111. The number of rotatable bonds is 3. The van der Waals surface area contributed by atoms with E-state index in [0.717, 1.165) is 5.56 Å². The van der Waals surface area contributed by atoms with Crippen molar-refractivity contribution in [3.8, 4) is 0 Å². The van der Waals surface area contributed by atoms with Gasteiger partial charge in [0.05, 0.1) is 11.4 Å². The topological polar surface area (TPSA) is 64.8 Å². The molecule has 0 radical (unpaired) electrons. The maximum atomic E-state index is 12.6. The Kier molecular flexibility index (Phi) is 4.19. The number of halogens is 2. The summed E-state index contributed by atoms with van der Waals surface area (Å²) >= 11 is 0. The van der Waals surface area contributed by atoms with Gasteiger partial charge in [-0.1, -0.05) is 12.1 Å². The van der Waals surface area contributed by atoms with Crippen LogP contribution in [0.15, 0.2) is 41.8 Å². The van der Waals surface area contributed by atoms with Crippen molar-refractivity contribution in [1.29, 1.82) is 0 Å². The minimum atomic E-state index is -4.62. The van der Waals surface area contributed by atoms with Gasteiger partial charge in [-0.2, -0.15) is 13.5 Å². The molecule has 0 N–H and O–H groups in total. The molecule has 0 saturated carbocycles. The van der Waals surface area contributed by atoms with Crippen LogP contribution in [0.1, 0.15) is 5.56 Å². The average molecular weight is 278 g/mol. The minimum Gasteiger partial charge on any atom is -0.249 e. The number of aromatic nitrogens is 3. The first-order valence-corrected chi connectivity index (χ1v) is 5.80. The smallest absolute Gasteiger partial charge is 0.249 e. The van der Waals surface area contributed by atoms with Gasteiger partial charge in [0.1, 0.15) is 12.7 Å². The second-order valence-corrected chi connectivity index (χ2v) is 4.52. The Morgan fingerprint density at radius 2 is 1.88 bits per heavy atom. The van der Waals surface area contributed by atoms with Crippen LogP contribution in [-0.4, -0.2) is 23.2 Å². The summed E-state index contributed by atoms with van der Waals surface area (Å²) in [5.41, 5.74) is 0.818. The molecule has 1 heterocycles. The van der Waals surface area contributed by atoms with Crippen LogP contribution in [-0.2, 0) is 16.8 Å². The predicted octanol–water partition coefficient (Wildman–Crippen LogP) is 1.41. The van der Waals surface area contributed by atoms with Crippen molar-refractivity contribution < 1.29 is 12.3 Å². The zero-order valence-electron chi connectivity index (χ0n) is 8.52. The van der Waals surface area contributed by atoms with Crippen molar-refractivity contribution in [2.45, 2.75) is 11.4 Å². The average Bonchev–Trinajstić information content (AvgIpc) is 2.70. The molecule has 8 heteroatoms. The van der Waals surface area contributed by atoms with Crippen molar-refractivity contribution in [2.24, 2.45) is 0 Å². The monoisotopic (exact) mass is 277 g/mol. The van der Waals surface area contributed by atoms with Crippen molar-refractivity contribution in [2.75, 3.05) is 0 Å². The molecule has 92 valence electrons. The molecule has 2 rings (SSSR count). The quantitative estimate of drug-likeness (QED) is 0.796. The first-order chi connectivity index (χ1) is 7.55. The van der Waals surface area contributed by atoms with Crippen molar-refractivity contribution in [3.05, 3.63) is 42.5 Å². The van der Waals surface area contributed by atoms with E-state index in [1.165, 1.54) is 30.6 Å². The highest BCUT2D eigenvalue weighted by Crippen LogP contribution is 2.13. The van der Waals surface area contributed by atoms with Gasteiger partial charge in [0.15, 0.2) is 0 Å². The van der Waals surface area contributed by atoms with E-state index in [1.54, 1.807) is 11.0 Å². The van der Waals surface area contributed by atoms with E-state index in [1.807, 2.05) is 0 Å². The van der Waals surface area contributed by atoms with Crippen LogP contribution in [0.25, 0.3) is 0 Å². The first-order valence-electron chi connectivity index (χ1n) is 4.42. The van der Waals surface area contributed by atoms with E-state index in [2.05, 4.69) is 10.1 Å². The minimum absolute atomic E-state index is 0. The van der Waals surface area contributed by atoms with E-state index >= 15 is 0 Å². The maximum Gasteiger partial charge on any atom is 0.332 e. The van der Waals surface area contributed by atoms with Crippen molar-refractivity contribution >= 4 is 22.6 Å². The number of hydrogen-bond donors (Lipinski definition) is 0. The van der Waals surface area contributed by atoms with Crippen LogP contribution in [0.4, 0.5) is 3.89 Å². The third-order valence-corrected chi connectivity index (χ3v) is 2.85. The lowest BCUT2D eigenvalue weighted by Gasteiger charge is -2.01. The lowest BCUT2D eigenvalue weighted by molar-refractivity contribution is 0.552. The van der Waals surface area contributed by atoms with Crippen LogP contribution in [0.3, 0.4) is 0 Å². The third kappa shape index (κ3) is 3.50. The summed E-state index contributed by atoms with van der Waals surface area (Å²) in [4.78, 5) is 3.43. The van der Waals surface area contributed by atoms with E-state index in [4.69, 9.17) is 0 Å². The van der Waals surface area contributed by atoms with Crippen molar-refractivity contribution in [1.82, 2.24) is 14.8 Å². The lowest BCUT2D eigenvalue weighted by Crippen LogP contribution is -2.00. The van der Waals surface area contributed by atoms with Crippen molar-refractivity contribution in [3.63, 3.8) is 0 Å². The normalized spacial score (nSPS) is 10.9. The van der Waals surface area contributed by atoms with E-state index in [9.17, 15) is 12.3 Å². The molecule has 0 fully saturated rings. The highest BCUT2D eigenvalue weighted by Gasteiger charge is 2.10. The third-order valence-electron chi connectivity index (χ3n) is 2.02. The molecule has 1 aromatic carbocycles. The molecule has 0 aliphatic heterocycles. The molecule has 0 saturated heterocycles. The Labute approximate surface area is 104 Å². The largest absolute Gasteiger partial charge is 0.332 e. The fourth-order valence-electron chi connectivity index (χ4n) is 1.26. The molecular formula is C9H9ClFN3O2S. The predicted molar refractivity (Wildman–Crippen MR) is 61.1 cm³/mol. The summed E-state index contributed by atoms with van der Waals surface area (Å²) in [5.74, 6) is 0. The molecule has 0 aliphatic carbocycles. The molecule has 0 spiro atoms. The number of benzene rings is 1. The Morgan fingerprint density at radius 3 is 2.35 bits per heavy atom. The lowest BCUT2D eigenvalue weighted by atomic mass is 10.2. The zero-order chi connectivity index (χ0) is 11.6. The van der Waals surface area contributed by atoms with E-state index < -0.39 is 10.2 Å². The zero-order valence-corrected chi connectivity index (χ0v) is 10.2. The van der Waals surface area contributed by atoms with Crippen LogP contribution in [0.5, 0.6) is 0 Å².